The van der Waals surface area contributed by atoms with Gasteiger partial charge < -0.3 is 5.32 Å². The van der Waals surface area contributed by atoms with E-state index in [4.69, 9.17) is 11.6 Å². The molecule has 0 atom stereocenters. The molecular formula is C21H17ClF2N2O3S. The van der Waals surface area contributed by atoms with Crippen molar-refractivity contribution in [2.75, 3.05) is 5.32 Å². The molecule has 1 amide bonds. The Bertz CT molecular complexity index is 1200. The number of sulfonamides is 1. The number of halogens is 3. The topological polar surface area (TPSA) is 75.3 Å². The maximum absolute atomic E-state index is 14.2. The maximum atomic E-state index is 14.2. The number of carbonyl (C=O) groups excluding carboxylic acids is 1. The number of hydrogen-bond acceptors (Lipinski definition) is 3. The van der Waals surface area contributed by atoms with E-state index >= 15 is 0 Å². The zero-order valence-corrected chi connectivity index (χ0v) is 17.3. The van der Waals surface area contributed by atoms with Gasteiger partial charge in [-0.3, -0.25) is 4.79 Å². The molecule has 3 aromatic carbocycles. The summed E-state index contributed by atoms with van der Waals surface area (Å²) in [6, 6.07) is 13.6. The van der Waals surface area contributed by atoms with Gasteiger partial charge in [-0.05, 0) is 48.9 Å². The molecule has 0 fully saturated rings. The molecule has 5 nitrogen and oxygen atoms in total. The van der Waals surface area contributed by atoms with Crippen LogP contribution in [0, 0.1) is 18.6 Å². The molecular weight excluding hydrogens is 434 g/mol. The smallest absolute Gasteiger partial charge is 0.258 e. The molecule has 0 bridgehead atoms. The first-order chi connectivity index (χ1) is 14.2. The molecule has 0 unspecified atom stereocenters. The maximum Gasteiger partial charge on any atom is 0.258 e. The summed E-state index contributed by atoms with van der Waals surface area (Å²) in [7, 11) is -3.99. The molecule has 0 saturated heterocycles. The molecule has 30 heavy (non-hydrogen) atoms. The second kappa shape index (κ2) is 8.91. The predicted molar refractivity (Wildman–Crippen MR) is 111 cm³/mol. The van der Waals surface area contributed by atoms with Gasteiger partial charge in [0.2, 0.25) is 10.0 Å². The van der Waals surface area contributed by atoms with E-state index in [0.717, 1.165) is 41.5 Å². The van der Waals surface area contributed by atoms with Gasteiger partial charge in [-0.2, -0.15) is 0 Å². The van der Waals surface area contributed by atoms with Crippen LogP contribution in [-0.2, 0) is 16.6 Å². The van der Waals surface area contributed by atoms with E-state index in [2.05, 4.69) is 10.0 Å². The van der Waals surface area contributed by atoms with Crippen molar-refractivity contribution in [3.63, 3.8) is 0 Å². The van der Waals surface area contributed by atoms with Crippen LogP contribution in [0.3, 0.4) is 0 Å². The molecule has 0 aromatic heterocycles. The summed E-state index contributed by atoms with van der Waals surface area (Å²) >= 11 is 5.67. The fraction of sp³-hybridized carbons (Fsp3) is 0.0952. The number of anilines is 1. The van der Waals surface area contributed by atoms with Gasteiger partial charge in [0.1, 0.15) is 11.6 Å². The molecule has 0 aliphatic rings. The number of hydrogen-bond donors (Lipinski definition) is 2. The normalized spacial score (nSPS) is 11.3. The molecule has 0 aliphatic heterocycles. The Morgan fingerprint density at radius 1 is 0.967 bits per heavy atom. The van der Waals surface area contributed by atoms with Crippen LogP contribution < -0.4 is 10.0 Å². The lowest BCUT2D eigenvalue weighted by molar-refractivity contribution is 0.102. The average molecular weight is 451 g/mol. The van der Waals surface area contributed by atoms with Gasteiger partial charge in [-0.15, -0.1) is 0 Å². The highest BCUT2D eigenvalue weighted by molar-refractivity contribution is 7.89. The number of rotatable bonds is 6. The van der Waals surface area contributed by atoms with Gasteiger partial charge in [0.15, 0.2) is 0 Å². The lowest BCUT2D eigenvalue weighted by Gasteiger charge is -2.10. The van der Waals surface area contributed by atoms with Crippen LogP contribution in [0.15, 0.2) is 65.6 Å². The summed E-state index contributed by atoms with van der Waals surface area (Å²) in [6.07, 6.45) is 0. The molecule has 9 heteroatoms. The molecule has 0 radical (unpaired) electrons. The van der Waals surface area contributed by atoms with Crippen molar-refractivity contribution in [1.82, 2.24) is 4.72 Å². The second-order valence-corrected chi connectivity index (χ2v) is 8.71. The highest BCUT2D eigenvalue weighted by atomic mass is 35.5. The zero-order valence-electron chi connectivity index (χ0n) is 15.7. The van der Waals surface area contributed by atoms with Crippen LogP contribution in [-0.4, -0.2) is 14.3 Å². The molecule has 0 heterocycles. The first-order valence-corrected chi connectivity index (χ1v) is 10.6. The summed E-state index contributed by atoms with van der Waals surface area (Å²) in [5.41, 5.74) is 1.45. The van der Waals surface area contributed by atoms with E-state index < -0.39 is 33.1 Å². The van der Waals surface area contributed by atoms with Crippen LogP contribution in [0.5, 0.6) is 0 Å². The van der Waals surface area contributed by atoms with E-state index in [1.165, 1.54) is 6.07 Å². The van der Waals surface area contributed by atoms with Crippen molar-refractivity contribution in [2.45, 2.75) is 18.4 Å². The first kappa shape index (κ1) is 21.9. The summed E-state index contributed by atoms with van der Waals surface area (Å²) < 4.78 is 55.0. The lowest BCUT2D eigenvalue weighted by atomic mass is 10.2. The third kappa shape index (κ3) is 5.21. The third-order valence-corrected chi connectivity index (χ3v) is 5.95. The number of nitrogens with one attached hydrogen (secondary N) is 2. The minimum atomic E-state index is -3.99. The molecule has 2 N–H and O–H groups in total. The Labute approximate surface area is 177 Å². The van der Waals surface area contributed by atoms with Crippen LogP contribution >= 0.6 is 11.6 Å². The van der Waals surface area contributed by atoms with Crippen molar-refractivity contribution in [3.8, 4) is 0 Å². The summed E-state index contributed by atoms with van der Waals surface area (Å²) in [5, 5.41) is 2.15. The standard InChI is InChI=1S/C21H17ClF2N2O3S/c1-13-2-4-14(5-3-13)12-25-30(28,29)16-7-9-19(23)17(11-16)21(27)26-15-6-8-20(24)18(22)10-15/h2-11,25H,12H2,1H3,(H,26,27). The Morgan fingerprint density at radius 2 is 1.63 bits per heavy atom. The minimum absolute atomic E-state index is 0.0373. The fourth-order valence-corrected chi connectivity index (χ4v) is 3.81. The van der Waals surface area contributed by atoms with Crippen LogP contribution in [0.4, 0.5) is 14.5 Å². The first-order valence-electron chi connectivity index (χ1n) is 8.77. The molecule has 0 spiro atoms. The molecule has 3 rings (SSSR count). The minimum Gasteiger partial charge on any atom is -0.322 e. The van der Waals surface area contributed by atoms with Crippen molar-refractivity contribution in [3.05, 3.63) is 94.0 Å². The molecule has 3 aromatic rings. The summed E-state index contributed by atoms with van der Waals surface area (Å²) in [4.78, 5) is 12.2. The Hall–Kier alpha value is -2.81. The number of carbonyl (C=O) groups is 1. The van der Waals surface area contributed by atoms with E-state index in [1.54, 1.807) is 12.1 Å². The Kier molecular flexibility index (Phi) is 6.50. The Balaban J connectivity index is 1.79. The van der Waals surface area contributed by atoms with Crippen molar-refractivity contribution in [1.29, 1.82) is 0 Å². The van der Waals surface area contributed by atoms with Crippen LogP contribution in [0.1, 0.15) is 21.5 Å². The quantitative estimate of drug-likeness (QED) is 0.573. The van der Waals surface area contributed by atoms with Gasteiger partial charge in [-0.1, -0.05) is 41.4 Å². The largest absolute Gasteiger partial charge is 0.322 e. The van der Waals surface area contributed by atoms with Crippen LogP contribution in [0.25, 0.3) is 0 Å². The number of aryl methyl sites for hydroxylation is 1. The van der Waals surface area contributed by atoms with Gasteiger partial charge in [0, 0.05) is 12.2 Å². The van der Waals surface area contributed by atoms with E-state index in [9.17, 15) is 22.0 Å². The SMILES string of the molecule is Cc1ccc(CNS(=O)(=O)c2ccc(F)c(C(=O)Nc3ccc(F)c(Cl)c3)c2)cc1. The second-order valence-electron chi connectivity index (χ2n) is 6.53. The summed E-state index contributed by atoms with van der Waals surface area (Å²) in [6.45, 7) is 1.95. The van der Waals surface area contributed by atoms with Gasteiger partial charge in [0.25, 0.3) is 5.91 Å². The van der Waals surface area contributed by atoms with Gasteiger partial charge in [0.05, 0.1) is 15.5 Å². The highest BCUT2D eigenvalue weighted by Gasteiger charge is 2.20. The predicted octanol–water partition coefficient (Wildman–Crippen LogP) is 4.66. The average Bonchev–Trinajstić information content (AvgIpc) is 2.70. The molecule has 0 aliphatic carbocycles. The van der Waals surface area contributed by atoms with Crippen molar-refractivity contribution in [2.24, 2.45) is 0 Å². The van der Waals surface area contributed by atoms with E-state index in [0.29, 0.717) is 0 Å². The third-order valence-electron chi connectivity index (χ3n) is 4.26. The van der Waals surface area contributed by atoms with E-state index in [-0.39, 0.29) is 22.2 Å². The number of benzene rings is 3. The van der Waals surface area contributed by atoms with Crippen molar-refractivity contribution < 1.29 is 22.0 Å². The monoisotopic (exact) mass is 450 g/mol. The van der Waals surface area contributed by atoms with Crippen LogP contribution in [0.2, 0.25) is 5.02 Å². The number of amides is 1. The fourth-order valence-electron chi connectivity index (χ4n) is 2.59. The molecule has 156 valence electrons. The van der Waals surface area contributed by atoms with Crippen molar-refractivity contribution >= 4 is 33.2 Å². The summed E-state index contributed by atoms with van der Waals surface area (Å²) in [5.74, 6) is -2.47. The lowest BCUT2D eigenvalue weighted by Crippen LogP contribution is -2.24. The molecule has 0 saturated carbocycles. The zero-order chi connectivity index (χ0) is 21.9. The van der Waals surface area contributed by atoms with E-state index in [1.807, 2.05) is 19.1 Å². The highest BCUT2D eigenvalue weighted by Crippen LogP contribution is 2.21. The van der Waals surface area contributed by atoms with Gasteiger partial charge in [-0.25, -0.2) is 21.9 Å². The van der Waals surface area contributed by atoms with Gasteiger partial charge >= 0.3 is 0 Å². The Morgan fingerprint density at radius 3 is 2.30 bits per heavy atom.